The second-order valence-corrected chi connectivity index (χ2v) is 3.08. The van der Waals surface area contributed by atoms with Crippen LogP contribution in [-0.2, 0) is 0 Å². The molecule has 0 aromatic carbocycles. The Morgan fingerprint density at radius 1 is 1.50 bits per heavy atom. The van der Waals surface area contributed by atoms with Gasteiger partial charge in [0.2, 0.25) is 0 Å². The van der Waals surface area contributed by atoms with Crippen molar-refractivity contribution in [3.63, 3.8) is 0 Å². The summed E-state index contributed by atoms with van der Waals surface area (Å²) in [5, 5.41) is 19.2. The Bertz CT molecular complexity index is 647. The maximum atomic E-state index is 11.5. The van der Waals surface area contributed by atoms with E-state index in [-0.39, 0.29) is 15.8 Å². The van der Waals surface area contributed by atoms with Crippen LogP contribution in [0.25, 0.3) is 11.0 Å². The Morgan fingerprint density at radius 3 is 2.81 bits per heavy atom. The SMILES string of the molecule is NC(=O)c1c(O)c2cccnc2n(O)c1=O. The first-order valence-electron chi connectivity index (χ1n) is 4.25. The van der Waals surface area contributed by atoms with Gasteiger partial charge in [0.1, 0.15) is 11.3 Å². The van der Waals surface area contributed by atoms with E-state index in [0.717, 1.165) is 0 Å². The third-order valence-electron chi connectivity index (χ3n) is 2.13. The average Bonchev–Trinajstić information content (AvgIpc) is 2.26. The molecule has 0 saturated carbocycles. The topological polar surface area (TPSA) is 118 Å². The first kappa shape index (κ1) is 9.97. The summed E-state index contributed by atoms with van der Waals surface area (Å²) in [5.74, 6) is -1.69. The number of aromatic nitrogens is 2. The lowest BCUT2D eigenvalue weighted by atomic mass is 10.1. The van der Waals surface area contributed by atoms with Crippen LogP contribution in [0.5, 0.6) is 5.75 Å². The Kier molecular flexibility index (Phi) is 2.01. The van der Waals surface area contributed by atoms with E-state index >= 15 is 0 Å². The quantitative estimate of drug-likeness (QED) is 0.557. The molecule has 2 rings (SSSR count). The van der Waals surface area contributed by atoms with Gasteiger partial charge in [-0.15, -0.1) is 4.73 Å². The zero-order valence-corrected chi connectivity index (χ0v) is 7.91. The van der Waals surface area contributed by atoms with E-state index in [1.165, 1.54) is 18.3 Å². The lowest BCUT2D eigenvalue weighted by Crippen LogP contribution is -2.29. The minimum atomic E-state index is -1.11. The van der Waals surface area contributed by atoms with Crippen LogP contribution in [0.2, 0.25) is 0 Å². The van der Waals surface area contributed by atoms with E-state index in [2.05, 4.69) is 4.98 Å². The molecule has 0 atom stereocenters. The summed E-state index contributed by atoms with van der Waals surface area (Å²) in [5.41, 5.74) is 3.02. The molecule has 1 amide bonds. The largest absolute Gasteiger partial charge is 0.506 e. The smallest absolute Gasteiger partial charge is 0.301 e. The number of pyridine rings is 2. The van der Waals surface area contributed by atoms with E-state index in [1.54, 1.807) is 0 Å². The van der Waals surface area contributed by atoms with E-state index in [9.17, 15) is 19.9 Å². The van der Waals surface area contributed by atoms with Gasteiger partial charge in [0.25, 0.3) is 5.91 Å². The van der Waals surface area contributed by atoms with Gasteiger partial charge < -0.3 is 16.0 Å². The Labute approximate surface area is 88.3 Å². The molecule has 0 unspecified atom stereocenters. The highest BCUT2D eigenvalue weighted by molar-refractivity contribution is 6.00. The Morgan fingerprint density at radius 2 is 2.19 bits per heavy atom. The van der Waals surface area contributed by atoms with Crippen LogP contribution in [0.1, 0.15) is 10.4 Å². The second kappa shape index (κ2) is 3.23. The third-order valence-corrected chi connectivity index (χ3v) is 2.13. The molecule has 0 spiro atoms. The summed E-state index contributed by atoms with van der Waals surface area (Å²) >= 11 is 0. The van der Waals surface area contributed by atoms with E-state index in [0.29, 0.717) is 0 Å². The zero-order chi connectivity index (χ0) is 11.9. The lowest BCUT2D eigenvalue weighted by Gasteiger charge is -2.06. The number of primary amides is 1. The fraction of sp³-hybridized carbons (Fsp3) is 0. The molecule has 0 radical (unpaired) electrons. The predicted octanol–water partition coefficient (Wildman–Crippen LogP) is -0.562. The monoisotopic (exact) mass is 221 g/mol. The molecular weight excluding hydrogens is 214 g/mol. The highest BCUT2D eigenvalue weighted by Crippen LogP contribution is 2.23. The molecule has 16 heavy (non-hydrogen) atoms. The normalized spacial score (nSPS) is 10.5. The number of rotatable bonds is 1. The van der Waals surface area contributed by atoms with Crippen molar-refractivity contribution in [2.24, 2.45) is 5.73 Å². The molecule has 2 aromatic rings. The lowest BCUT2D eigenvalue weighted by molar-refractivity contribution is 0.0990. The molecule has 7 heteroatoms. The van der Waals surface area contributed by atoms with Crippen molar-refractivity contribution < 1.29 is 15.1 Å². The van der Waals surface area contributed by atoms with Crippen molar-refractivity contribution in [1.82, 2.24) is 9.71 Å². The van der Waals surface area contributed by atoms with E-state index < -0.39 is 22.8 Å². The van der Waals surface area contributed by atoms with Gasteiger partial charge in [-0.05, 0) is 12.1 Å². The first-order chi connectivity index (χ1) is 7.54. The van der Waals surface area contributed by atoms with Gasteiger partial charge in [-0.25, -0.2) is 4.98 Å². The van der Waals surface area contributed by atoms with Crippen LogP contribution < -0.4 is 11.3 Å². The average molecular weight is 221 g/mol. The molecule has 0 fully saturated rings. The Hall–Kier alpha value is -2.57. The van der Waals surface area contributed by atoms with Crippen molar-refractivity contribution in [2.45, 2.75) is 0 Å². The van der Waals surface area contributed by atoms with Gasteiger partial charge in [-0.3, -0.25) is 9.59 Å². The number of hydrogen-bond acceptors (Lipinski definition) is 5. The number of aromatic hydroxyl groups is 1. The molecule has 0 aliphatic heterocycles. The van der Waals surface area contributed by atoms with Crippen molar-refractivity contribution >= 4 is 16.9 Å². The third kappa shape index (κ3) is 1.18. The number of fused-ring (bicyclic) bond motifs is 1. The minimum Gasteiger partial charge on any atom is -0.506 e. The van der Waals surface area contributed by atoms with Crippen molar-refractivity contribution in [3.05, 3.63) is 34.2 Å². The molecule has 0 bridgehead atoms. The van der Waals surface area contributed by atoms with Crippen LogP contribution in [0, 0.1) is 0 Å². The van der Waals surface area contributed by atoms with Gasteiger partial charge in [0.15, 0.2) is 5.65 Å². The highest BCUT2D eigenvalue weighted by Gasteiger charge is 2.20. The number of hydrogen-bond donors (Lipinski definition) is 3. The van der Waals surface area contributed by atoms with Crippen LogP contribution >= 0.6 is 0 Å². The molecular formula is C9H7N3O4. The summed E-state index contributed by atoms with van der Waals surface area (Å²) in [6, 6.07) is 2.88. The van der Waals surface area contributed by atoms with E-state index in [4.69, 9.17) is 5.73 Å². The molecule has 4 N–H and O–H groups in total. The fourth-order valence-corrected chi connectivity index (χ4v) is 1.41. The molecule has 0 saturated heterocycles. The van der Waals surface area contributed by atoms with Crippen molar-refractivity contribution in [2.75, 3.05) is 0 Å². The number of carbonyl (C=O) groups excluding carboxylic acids is 1. The fourth-order valence-electron chi connectivity index (χ4n) is 1.41. The van der Waals surface area contributed by atoms with Crippen molar-refractivity contribution in [3.8, 4) is 5.75 Å². The summed E-state index contributed by atoms with van der Waals surface area (Å²) in [7, 11) is 0. The molecule has 7 nitrogen and oxygen atoms in total. The van der Waals surface area contributed by atoms with Gasteiger partial charge in [-0.2, -0.15) is 0 Å². The molecule has 2 heterocycles. The summed E-state index contributed by atoms with van der Waals surface area (Å²) in [4.78, 5) is 26.1. The van der Waals surface area contributed by atoms with Gasteiger partial charge >= 0.3 is 5.56 Å². The molecule has 0 aliphatic carbocycles. The molecule has 2 aromatic heterocycles. The maximum Gasteiger partial charge on any atom is 0.301 e. The number of amides is 1. The van der Waals surface area contributed by atoms with Gasteiger partial charge in [0.05, 0.1) is 5.39 Å². The minimum absolute atomic E-state index is 0.0680. The summed E-state index contributed by atoms with van der Waals surface area (Å²) in [6.45, 7) is 0. The highest BCUT2D eigenvalue weighted by atomic mass is 16.5. The van der Waals surface area contributed by atoms with Crippen LogP contribution in [0.3, 0.4) is 0 Å². The number of nitrogens with two attached hydrogens (primary N) is 1. The van der Waals surface area contributed by atoms with Crippen LogP contribution in [0.4, 0.5) is 0 Å². The predicted molar refractivity (Wildman–Crippen MR) is 53.4 cm³/mol. The standard InChI is InChI=1S/C9H7N3O4/c10-7(14)5-6(13)4-2-1-3-11-8(4)12(16)9(5)15/h1-3,13,16H,(H2,10,14). The number of carbonyl (C=O) groups is 1. The van der Waals surface area contributed by atoms with Crippen LogP contribution in [0.15, 0.2) is 23.1 Å². The first-order valence-corrected chi connectivity index (χ1v) is 4.25. The van der Waals surface area contributed by atoms with Crippen molar-refractivity contribution in [1.29, 1.82) is 0 Å². The summed E-state index contributed by atoms with van der Waals surface area (Å²) in [6.07, 6.45) is 1.33. The Balaban J connectivity index is 3.07. The molecule has 82 valence electrons. The maximum absolute atomic E-state index is 11.5. The molecule has 0 aliphatic rings. The van der Waals surface area contributed by atoms with Gasteiger partial charge in [0, 0.05) is 6.20 Å². The second-order valence-electron chi connectivity index (χ2n) is 3.08. The number of nitrogens with zero attached hydrogens (tertiary/aromatic N) is 2. The van der Waals surface area contributed by atoms with E-state index in [1.807, 2.05) is 0 Å². The zero-order valence-electron chi connectivity index (χ0n) is 7.91. The van der Waals surface area contributed by atoms with Gasteiger partial charge in [-0.1, -0.05) is 0 Å². The van der Waals surface area contributed by atoms with Crippen LogP contribution in [-0.4, -0.2) is 25.9 Å². The summed E-state index contributed by atoms with van der Waals surface area (Å²) < 4.78 is 0.176.